The first-order chi connectivity index (χ1) is 8.86. The minimum Gasteiger partial charge on any atom is -0.479 e. The molecular formula is C14H24FNO4. The topological polar surface area (TPSA) is 75.6 Å². The molecule has 1 amide bonds. The normalized spacial score (nSPS) is 29.6. The number of halogens is 1. The van der Waals surface area contributed by atoms with Crippen molar-refractivity contribution in [3.8, 4) is 0 Å². The molecule has 0 radical (unpaired) electrons. The highest BCUT2D eigenvalue weighted by molar-refractivity contribution is 5.80. The molecule has 2 unspecified atom stereocenters. The molecule has 2 atom stereocenters. The number of rotatable bonds is 2. The lowest BCUT2D eigenvalue weighted by Gasteiger charge is -2.42. The van der Waals surface area contributed by atoms with Gasteiger partial charge in [0.25, 0.3) is 0 Å². The van der Waals surface area contributed by atoms with E-state index >= 15 is 0 Å². The van der Waals surface area contributed by atoms with Crippen LogP contribution >= 0.6 is 0 Å². The highest BCUT2D eigenvalue weighted by Gasteiger charge is 2.54. The van der Waals surface area contributed by atoms with Crippen molar-refractivity contribution in [2.75, 3.05) is 0 Å². The molecule has 0 bridgehead atoms. The van der Waals surface area contributed by atoms with Gasteiger partial charge in [-0.2, -0.15) is 0 Å². The van der Waals surface area contributed by atoms with E-state index in [2.05, 4.69) is 5.32 Å². The van der Waals surface area contributed by atoms with E-state index in [-0.39, 0.29) is 12.8 Å². The van der Waals surface area contributed by atoms with Crippen molar-refractivity contribution in [1.82, 2.24) is 5.32 Å². The Labute approximate surface area is 118 Å². The molecule has 20 heavy (non-hydrogen) atoms. The Morgan fingerprint density at radius 1 is 1.35 bits per heavy atom. The van der Waals surface area contributed by atoms with E-state index in [0.717, 1.165) is 0 Å². The van der Waals surface area contributed by atoms with E-state index in [1.54, 1.807) is 20.8 Å². The number of amides is 1. The third-order valence-corrected chi connectivity index (χ3v) is 3.44. The second-order valence-electron chi connectivity index (χ2n) is 7.25. The van der Waals surface area contributed by atoms with Crippen LogP contribution in [0.5, 0.6) is 0 Å². The van der Waals surface area contributed by atoms with Crippen LogP contribution in [0.15, 0.2) is 0 Å². The Morgan fingerprint density at radius 3 is 2.35 bits per heavy atom. The summed E-state index contributed by atoms with van der Waals surface area (Å²) < 4.78 is 19.8. The summed E-state index contributed by atoms with van der Waals surface area (Å²) in [5, 5.41) is 11.5. The molecule has 0 aromatic rings. The van der Waals surface area contributed by atoms with Crippen LogP contribution in [-0.4, -0.2) is 34.5 Å². The maximum Gasteiger partial charge on any atom is 0.407 e. The monoisotopic (exact) mass is 289 g/mol. The van der Waals surface area contributed by atoms with Crippen LogP contribution in [0.1, 0.15) is 53.9 Å². The number of alkyl carbamates (subject to hydrolysis) is 1. The lowest BCUT2D eigenvalue weighted by atomic mass is 9.68. The van der Waals surface area contributed by atoms with Crippen molar-refractivity contribution < 1.29 is 23.8 Å². The molecule has 0 aromatic carbocycles. The first kappa shape index (κ1) is 16.7. The standard InChI is InChI=1S/C14H24FNO4/c1-12(2,3)20-11(19)16-9-6-7-13(4,5)8-14(9,15)10(17)18/h9H,6-8H2,1-5H3,(H,16,19)(H,17,18). The number of hydrogen-bond acceptors (Lipinski definition) is 3. The van der Waals surface area contributed by atoms with Crippen LogP contribution in [-0.2, 0) is 9.53 Å². The van der Waals surface area contributed by atoms with Gasteiger partial charge in [0.1, 0.15) is 5.60 Å². The molecule has 0 saturated heterocycles. The molecule has 1 rings (SSSR count). The highest BCUT2D eigenvalue weighted by Crippen LogP contribution is 2.43. The summed E-state index contributed by atoms with van der Waals surface area (Å²) in [6.07, 6.45) is 0.00235. The van der Waals surface area contributed by atoms with Crippen LogP contribution < -0.4 is 5.32 Å². The number of carboxylic acids is 1. The van der Waals surface area contributed by atoms with Crippen LogP contribution in [0.3, 0.4) is 0 Å². The zero-order valence-corrected chi connectivity index (χ0v) is 12.7. The molecule has 0 aliphatic heterocycles. The van der Waals surface area contributed by atoms with Gasteiger partial charge in [0.2, 0.25) is 5.67 Å². The van der Waals surface area contributed by atoms with E-state index in [4.69, 9.17) is 4.74 Å². The van der Waals surface area contributed by atoms with Crippen LogP contribution in [0.2, 0.25) is 0 Å². The molecule has 1 aliphatic rings. The van der Waals surface area contributed by atoms with Crippen LogP contribution in [0.4, 0.5) is 9.18 Å². The van der Waals surface area contributed by atoms with E-state index in [1.165, 1.54) is 0 Å². The fourth-order valence-corrected chi connectivity index (χ4v) is 2.53. The van der Waals surface area contributed by atoms with Gasteiger partial charge in [-0.15, -0.1) is 0 Å². The predicted molar refractivity (Wildman–Crippen MR) is 72.3 cm³/mol. The van der Waals surface area contributed by atoms with E-state index in [0.29, 0.717) is 6.42 Å². The summed E-state index contributed by atoms with van der Waals surface area (Å²) in [6.45, 7) is 8.73. The Hall–Kier alpha value is -1.33. The quantitative estimate of drug-likeness (QED) is 0.819. The zero-order valence-electron chi connectivity index (χ0n) is 12.7. The van der Waals surface area contributed by atoms with Crippen molar-refractivity contribution in [2.45, 2.75) is 71.2 Å². The average Bonchev–Trinajstić information content (AvgIpc) is 2.18. The van der Waals surface area contributed by atoms with Crippen LogP contribution in [0, 0.1) is 5.41 Å². The van der Waals surface area contributed by atoms with Crippen molar-refractivity contribution >= 4 is 12.1 Å². The van der Waals surface area contributed by atoms with Gasteiger partial charge in [-0.25, -0.2) is 14.0 Å². The van der Waals surface area contributed by atoms with Crippen molar-refractivity contribution in [1.29, 1.82) is 0 Å². The summed E-state index contributed by atoms with van der Waals surface area (Å²) in [7, 11) is 0. The molecule has 1 aliphatic carbocycles. The van der Waals surface area contributed by atoms with E-state index < -0.39 is 34.8 Å². The summed E-state index contributed by atoms with van der Waals surface area (Å²) in [5.41, 5.74) is -3.57. The van der Waals surface area contributed by atoms with E-state index in [9.17, 15) is 19.1 Å². The molecule has 1 fully saturated rings. The van der Waals surface area contributed by atoms with E-state index in [1.807, 2.05) is 13.8 Å². The minimum absolute atomic E-state index is 0.129. The molecule has 2 N–H and O–H groups in total. The third-order valence-electron chi connectivity index (χ3n) is 3.44. The minimum atomic E-state index is -2.46. The fourth-order valence-electron chi connectivity index (χ4n) is 2.53. The van der Waals surface area contributed by atoms with Gasteiger partial charge in [0, 0.05) is 0 Å². The van der Waals surface area contributed by atoms with Gasteiger partial charge in [0.05, 0.1) is 6.04 Å². The summed E-state index contributed by atoms with van der Waals surface area (Å²) in [4.78, 5) is 23.0. The van der Waals surface area contributed by atoms with Gasteiger partial charge in [-0.05, 0) is 45.4 Å². The number of carboxylic acid groups (broad SMARTS) is 1. The molecule has 5 nitrogen and oxygen atoms in total. The van der Waals surface area contributed by atoms with Gasteiger partial charge < -0.3 is 15.2 Å². The highest BCUT2D eigenvalue weighted by atomic mass is 19.1. The maximum atomic E-state index is 14.8. The predicted octanol–water partition coefficient (Wildman–Crippen LogP) is 2.88. The Kier molecular flexibility index (Phi) is 4.36. The van der Waals surface area contributed by atoms with Gasteiger partial charge in [-0.3, -0.25) is 0 Å². The Balaban J connectivity index is 2.83. The third kappa shape index (κ3) is 4.08. The average molecular weight is 289 g/mol. The number of carbonyl (C=O) groups excluding carboxylic acids is 1. The molecular weight excluding hydrogens is 265 g/mol. The van der Waals surface area contributed by atoms with Gasteiger partial charge in [-0.1, -0.05) is 13.8 Å². The summed E-state index contributed by atoms with van der Waals surface area (Å²) >= 11 is 0. The number of carbonyl (C=O) groups is 2. The number of alkyl halides is 1. The Morgan fingerprint density at radius 2 is 1.90 bits per heavy atom. The lowest BCUT2D eigenvalue weighted by Crippen LogP contribution is -2.59. The molecule has 1 saturated carbocycles. The van der Waals surface area contributed by atoms with Crippen molar-refractivity contribution in [2.24, 2.45) is 5.41 Å². The Bertz CT molecular complexity index is 402. The second-order valence-corrected chi connectivity index (χ2v) is 7.25. The molecule has 6 heteroatoms. The maximum absolute atomic E-state index is 14.8. The summed E-state index contributed by atoms with van der Waals surface area (Å²) in [5.74, 6) is -1.54. The smallest absolute Gasteiger partial charge is 0.407 e. The number of aliphatic carboxylic acids is 1. The second kappa shape index (κ2) is 5.22. The molecule has 116 valence electrons. The first-order valence-electron chi connectivity index (χ1n) is 6.78. The lowest BCUT2D eigenvalue weighted by molar-refractivity contribution is -0.158. The molecule has 0 heterocycles. The summed E-state index contributed by atoms with van der Waals surface area (Å²) in [6, 6.07) is -1.07. The number of hydrogen-bond donors (Lipinski definition) is 2. The fraction of sp³-hybridized carbons (Fsp3) is 0.857. The van der Waals surface area contributed by atoms with Gasteiger partial charge >= 0.3 is 12.1 Å². The van der Waals surface area contributed by atoms with Crippen molar-refractivity contribution in [3.63, 3.8) is 0 Å². The molecule has 0 aromatic heterocycles. The van der Waals surface area contributed by atoms with Gasteiger partial charge in [0.15, 0.2) is 0 Å². The molecule has 0 spiro atoms. The number of ether oxygens (including phenoxy) is 1. The first-order valence-corrected chi connectivity index (χ1v) is 6.78. The largest absolute Gasteiger partial charge is 0.479 e. The number of nitrogens with one attached hydrogen (secondary N) is 1. The SMILES string of the molecule is CC1(C)CCC(NC(=O)OC(C)(C)C)C(F)(C(=O)O)C1. The van der Waals surface area contributed by atoms with Crippen LogP contribution in [0.25, 0.3) is 0 Å². The van der Waals surface area contributed by atoms with Crippen molar-refractivity contribution in [3.05, 3.63) is 0 Å². The zero-order chi connectivity index (χ0) is 15.8.